The molecular weight excluding hydrogens is 450 g/mol. The smallest absolute Gasteiger partial charge is 0.297 e. The van der Waals surface area contributed by atoms with Gasteiger partial charge in [0.2, 0.25) is 11.6 Å². The Morgan fingerprint density at radius 2 is 2.00 bits per heavy atom. The minimum absolute atomic E-state index is 0.0818. The fourth-order valence-electron chi connectivity index (χ4n) is 4.32. The van der Waals surface area contributed by atoms with Crippen LogP contribution in [0.4, 0.5) is 0 Å². The lowest BCUT2D eigenvalue weighted by atomic mass is 10.2. The number of carbonyl (C=O) groups excluding carboxylic acids is 1. The van der Waals surface area contributed by atoms with Gasteiger partial charge in [-0.25, -0.2) is 14.2 Å². The molecule has 1 N–H and O–H groups in total. The Labute approximate surface area is 201 Å². The van der Waals surface area contributed by atoms with Crippen LogP contribution in [0.5, 0.6) is 0 Å². The van der Waals surface area contributed by atoms with Crippen molar-refractivity contribution in [3.05, 3.63) is 41.3 Å². The molecule has 0 spiro atoms. The summed E-state index contributed by atoms with van der Waals surface area (Å²) in [5, 5.41) is 16.5. The second kappa shape index (κ2) is 9.45. The van der Waals surface area contributed by atoms with E-state index < -0.39 is 0 Å². The van der Waals surface area contributed by atoms with Crippen LogP contribution in [0.15, 0.2) is 35.8 Å². The van der Waals surface area contributed by atoms with Gasteiger partial charge >= 0.3 is 0 Å². The van der Waals surface area contributed by atoms with Gasteiger partial charge < -0.3 is 10.1 Å². The molecule has 1 atom stereocenters. The first-order valence-corrected chi connectivity index (χ1v) is 11.9. The molecule has 4 aromatic rings. The number of rotatable bonds is 7. The topological polar surface area (TPSA) is 126 Å². The highest BCUT2D eigenvalue weighted by Crippen LogP contribution is 2.26. The molecule has 1 fully saturated rings. The van der Waals surface area contributed by atoms with Crippen LogP contribution in [-0.4, -0.2) is 57.8 Å². The highest BCUT2D eigenvalue weighted by atomic mass is 16.5. The van der Waals surface area contributed by atoms with E-state index in [0.29, 0.717) is 30.2 Å². The average Bonchev–Trinajstić information content (AvgIpc) is 3.58. The summed E-state index contributed by atoms with van der Waals surface area (Å²) in [6.07, 6.45) is 11.8. The fourth-order valence-corrected chi connectivity index (χ4v) is 4.32. The van der Waals surface area contributed by atoms with E-state index >= 15 is 0 Å². The van der Waals surface area contributed by atoms with Crippen LogP contribution in [0.3, 0.4) is 0 Å². The summed E-state index contributed by atoms with van der Waals surface area (Å²) in [4.78, 5) is 29.0. The van der Waals surface area contributed by atoms with Gasteiger partial charge in [0.15, 0.2) is 5.82 Å². The quantitative estimate of drug-likeness (QED) is 0.430. The normalized spacial score (nSPS) is 16.3. The summed E-state index contributed by atoms with van der Waals surface area (Å²) in [6, 6.07) is -0.135. The molecule has 4 aromatic heterocycles. The molecule has 0 saturated carbocycles. The van der Waals surface area contributed by atoms with Gasteiger partial charge in [-0.05, 0) is 33.1 Å². The predicted molar refractivity (Wildman–Crippen MR) is 128 cm³/mol. The summed E-state index contributed by atoms with van der Waals surface area (Å²) in [5.74, 6) is 0.398. The van der Waals surface area contributed by atoms with E-state index in [-0.39, 0.29) is 29.4 Å². The minimum atomic E-state index is -0.231. The van der Waals surface area contributed by atoms with Crippen molar-refractivity contribution in [2.24, 2.45) is 0 Å². The zero-order valence-corrected chi connectivity index (χ0v) is 20.1. The van der Waals surface area contributed by atoms with Crippen LogP contribution in [-0.2, 0) is 16.1 Å². The van der Waals surface area contributed by atoms with Crippen LogP contribution in [0.1, 0.15) is 52.3 Å². The Hall–Kier alpha value is -3.80. The van der Waals surface area contributed by atoms with Gasteiger partial charge in [0.05, 0.1) is 36.4 Å². The number of hydrogen-bond acceptors (Lipinski definition) is 7. The van der Waals surface area contributed by atoms with Crippen LogP contribution < -0.4 is 10.9 Å². The Morgan fingerprint density at radius 1 is 1.17 bits per heavy atom. The van der Waals surface area contributed by atoms with Crippen molar-refractivity contribution in [1.82, 2.24) is 44.0 Å². The summed E-state index contributed by atoms with van der Waals surface area (Å²) in [7, 11) is 0. The van der Waals surface area contributed by atoms with E-state index in [1.807, 2.05) is 30.9 Å². The molecule has 0 radical (unpaired) electrons. The highest BCUT2D eigenvalue weighted by Gasteiger charge is 2.22. The standard InChI is InChI=1S/C23H29N9O3/c1-15(2)31-21(18-11-26-29(13-18)8-7-24-16(3)33)28-32-19(12-25-22(32)23(31)34)17-10-27-30(14-17)20-6-4-5-9-35-20/h10-15,20H,4-9H2,1-3H3,(H,24,33). The highest BCUT2D eigenvalue weighted by molar-refractivity contribution is 5.72. The maximum Gasteiger partial charge on any atom is 0.297 e. The number of ether oxygens (including phenoxy) is 1. The number of imidazole rings is 1. The third-order valence-electron chi connectivity index (χ3n) is 6.04. The zero-order valence-electron chi connectivity index (χ0n) is 20.1. The van der Waals surface area contributed by atoms with Crippen LogP contribution in [0, 0.1) is 0 Å². The molecule has 5 rings (SSSR count). The number of carbonyl (C=O) groups is 1. The van der Waals surface area contributed by atoms with Gasteiger partial charge in [0, 0.05) is 44.1 Å². The molecular formula is C23H29N9O3. The van der Waals surface area contributed by atoms with Gasteiger partial charge in [0.1, 0.15) is 6.23 Å². The lowest BCUT2D eigenvalue weighted by molar-refractivity contribution is -0.118. The van der Waals surface area contributed by atoms with Crippen LogP contribution >= 0.6 is 0 Å². The van der Waals surface area contributed by atoms with Crippen molar-refractivity contribution < 1.29 is 9.53 Å². The maximum absolute atomic E-state index is 13.4. The Bertz CT molecular complexity index is 1410. The monoisotopic (exact) mass is 479 g/mol. The average molecular weight is 480 g/mol. The molecule has 12 heteroatoms. The van der Waals surface area contributed by atoms with Crippen LogP contribution in [0.2, 0.25) is 0 Å². The zero-order chi connectivity index (χ0) is 24.5. The van der Waals surface area contributed by atoms with Gasteiger partial charge in [-0.2, -0.15) is 10.2 Å². The molecule has 1 amide bonds. The van der Waals surface area contributed by atoms with Gasteiger partial charge in [0.25, 0.3) is 5.56 Å². The number of nitrogens with one attached hydrogen (secondary N) is 1. The molecule has 1 aliphatic heterocycles. The fraction of sp³-hybridized carbons (Fsp3) is 0.478. The summed E-state index contributed by atoms with van der Waals surface area (Å²) >= 11 is 0. The molecule has 184 valence electrons. The predicted octanol–water partition coefficient (Wildman–Crippen LogP) is 2.03. The third kappa shape index (κ3) is 4.48. The van der Waals surface area contributed by atoms with Crippen molar-refractivity contribution in [3.8, 4) is 22.6 Å². The van der Waals surface area contributed by atoms with E-state index in [0.717, 1.165) is 31.4 Å². The van der Waals surface area contributed by atoms with Crippen molar-refractivity contribution in [1.29, 1.82) is 0 Å². The number of fused-ring (bicyclic) bond motifs is 1. The molecule has 1 aliphatic rings. The van der Waals surface area contributed by atoms with E-state index in [1.54, 1.807) is 32.4 Å². The molecule has 0 bridgehead atoms. The number of amides is 1. The molecule has 35 heavy (non-hydrogen) atoms. The second-order valence-electron chi connectivity index (χ2n) is 8.98. The number of hydrogen-bond donors (Lipinski definition) is 1. The third-order valence-corrected chi connectivity index (χ3v) is 6.04. The molecule has 12 nitrogen and oxygen atoms in total. The first-order valence-electron chi connectivity index (χ1n) is 11.9. The molecule has 0 aliphatic carbocycles. The maximum atomic E-state index is 13.4. The molecule has 1 saturated heterocycles. The number of nitrogens with zero attached hydrogens (tertiary/aromatic N) is 8. The van der Waals surface area contributed by atoms with Crippen molar-refractivity contribution in [3.63, 3.8) is 0 Å². The van der Waals surface area contributed by atoms with Crippen molar-refractivity contribution in [2.45, 2.75) is 58.8 Å². The Morgan fingerprint density at radius 3 is 2.74 bits per heavy atom. The van der Waals surface area contributed by atoms with Gasteiger partial charge in [-0.3, -0.25) is 18.8 Å². The minimum Gasteiger partial charge on any atom is -0.357 e. The first-order chi connectivity index (χ1) is 16.9. The summed E-state index contributed by atoms with van der Waals surface area (Å²) in [6.45, 7) is 7.04. The lowest BCUT2D eigenvalue weighted by Crippen LogP contribution is -2.27. The molecule has 5 heterocycles. The SMILES string of the molecule is CC(=O)NCCn1cc(-c2nn3c(-c4cnn(C5CCCCO5)c4)cnc3c(=O)n2C(C)C)cn1. The molecule has 1 unspecified atom stereocenters. The van der Waals surface area contributed by atoms with Crippen molar-refractivity contribution >= 4 is 11.6 Å². The van der Waals surface area contributed by atoms with Gasteiger partial charge in [-0.15, -0.1) is 5.10 Å². The molecule has 0 aromatic carbocycles. The number of aromatic nitrogens is 8. The summed E-state index contributed by atoms with van der Waals surface area (Å²) < 4.78 is 12.6. The largest absolute Gasteiger partial charge is 0.357 e. The lowest BCUT2D eigenvalue weighted by Gasteiger charge is -2.22. The summed E-state index contributed by atoms with van der Waals surface area (Å²) in [5.41, 5.74) is 2.20. The van der Waals surface area contributed by atoms with Crippen LogP contribution in [0.25, 0.3) is 28.3 Å². The first kappa shape index (κ1) is 23.0. The van der Waals surface area contributed by atoms with E-state index in [2.05, 4.69) is 20.5 Å². The Kier molecular flexibility index (Phi) is 6.20. The van der Waals surface area contributed by atoms with Crippen molar-refractivity contribution in [2.75, 3.05) is 13.2 Å². The van der Waals surface area contributed by atoms with Gasteiger partial charge in [-0.1, -0.05) is 0 Å². The van der Waals surface area contributed by atoms with E-state index in [4.69, 9.17) is 9.84 Å². The Balaban J connectivity index is 1.54. The van der Waals surface area contributed by atoms with E-state index in [9.17, 15) is 9.59 Å². The van der Waals surface area contributed by atoms with E-state index in [1.165, 1.54) is 6.92 Å². The second-order valence-corrected chi connectivity index (χ2v) is 8.98.